The van der Waals surface area contributed by atoms with E-state index in [1.54, 1.807) is 30.7 Å². The van der Waals surface area contributed by atoms with E-state index in [4.69, 9.17) is 16.3 Å². The molecular weight excluding hydrogens is 477 g/mol. The SMILES string of the molecule is O=C1C(I)CC(c2cccc(Oc3cnccn3)c2)N1c1ccc(Cl)cc1. The lowest BCUT2D eigenvalue weighted by Crippen LogP contribution is -2.29. The molecule has 2 aromatic carbocycles. The molecule has 2 unspecified atom stereocenters. The molecular formula is C20H15ClIN3O2. The largest absolute Gasteiger partial charge is 0.437 e. The van der Waals surface area contributed by atoms with Crippen molar-refractivity contribution in [1.29, 1.82) is 0 Å². The smallest absolute Gasteiger partial charge is 0.240 e. The molecule has 136 valence electrons. The minimum Gasteiger partial charge on any atom is -0.437 e. The van der Waals surface area contributed by atoms with Gasteiger partial charge in [0.2, 0.25) is 11.8 Å². The van der Waals surface area contributed by atoms with Gasteiger partial charge in [0.25, 0.3) is 0 Å². The summed E-state index contributed by atoms with van der Waals surface area (Å²) in [6, 6.07) is 15.0. The number of carbonyl (C=O) groups is 1. The van der Waals surface area contributed by atoms with Crippen molar-refractivity contribution in [1.82, 2.24) is 9.97 Å². The topological polar surface area (TPSA) is 55.3 Å². The lowest BCUT2D eigenvalue weighted by molar-refractivity contribution is -0.116. The predicted octanol–water partition coefficient (Wildman–Crippen LogP) is 5.20. The third-order valence-electron chi connectivity index (χ3n) is 4.36. The molecule has 0 spiro atoms. The Balaban J connectivity index is 1.65. The Morgan fingerprint density at radius 3 is 2.70 bits per heavy atom. The van der Waals surface area contributed by atoms with Crippen LogP contribution >= 0.6 is 34.2 Å². The van der Waals surface area contributed by atoms with E-state index in [1.165, 1.54) is 0 Å². The second-order valence-corrected chi connectivity index (χ2v) is 8.06. The summed E-state index contributed by atoms with van der Waals surface area (Å²) in [5, 5.41) is 0.646. The minimum atomic E-state index is -0.0761. The molecule has 0 N–H and O–H groups in total. The van der Waals surface area contributed by atoms with E-state index in [0.29, 0.717) is 16.7 Å². The first-order valence-electron chi connectivity index (χ1n) is 8.38. The van der Waals surface area contributed by atoms with E-state index < -0.39 is 0 Å². The predicted molar refractivity (Wildman–Crippen MR) is 113 cm³/mol. The van der Waals surface area contributed by atoms with Gasteiger partial charge in [-0.1, -0.05) is 46.3 Å². The highest BCUT2D eigenvalue weighted by Gasteiger charge is 2.39. The fourth-order valence-electron chi connectivity index (χ4n) is 3.14. The number of hydrogen-bond donors (Lipinski definition) is 0. The van der Waals surface area contributed by atoms with E-state index in [0.717, 1.165) is 17.7 Å². The molecule has 0 bridgehead atoms. The van der Waals surface area contributed by atoms with E-state index >= 15 is 0 Å². The number of rotatable bonds is 4. The van der Waals surface area contributed by atoms with Crippen LogP contribution in [0.25, 0.3) is 0 Å². The average molecular weight is 492 g/mol. The summed E-state index contributed by atoms with van der Waals surface area (Å²) in [5.74, 6) is 1.19. The van der Waals surface area contributed by atoms with Gasteiger partial charge in [0.1, 0.15) is 5.75 Å². The minimum absolute atomic E-state index is 0.0639. The third-order valence-corrected chi connectivity index (χ3v) is 5.65. The van der Waals surface area contributed by atoms with Crippen molar-refractivity contribution >= 4 is 45.8 Å². The van der Waals surface area contributed by atoms with Gasteiger partial charge in [-0.15, -0.1) is 0 Å². The molecule has 2 atom stereocenters. The lowest BCUT2D eigenvalue weighted by Gasteiger charge is -2.25. The summed E-state index contributed by atoms with van der Waals surface area (Å²) in [5.41, 5.74) is 1.85. The van der Waals surface area contributed by atoms with Crippen LogP contribution in [0.3, 0.4) is 0 Å². The van der Waals surface area contributed by atoms with Gasteiger partial charge in [-0.25, -0.2) is 4.98 Å². The Bertz CT molecular complexity index is 953. The highest BCUT2D eigenvalue weighted by molar-refractivity contribution is 14.1. The second-order valence-electron chi connectivity index (χ2n) is 6.12. The van der Waals surface area contributed by atoms with Crippen LogP contribution in [0, 0.1) is 0 Å². The van der Waals surface area contributed by atoms with Crippen molar-refractivity contribution in [2.45, 2.75) is 16.4 Å². The molecule has 1 saturated heterocycles. The van der Waals surface area contributed by atoms with Crippen LogP contribution in [0.4, 0.5) is 5.69 Å². The number of carbonyl (C=O) groups excluding carboxylic acids is 1. The summed E-state index contributed by atoms with van der Waals surface area (Å²) in [7, 11) is 0. The molecule has 4 rings (SSSR count). The molecule has 0 radical (unpaired) electrons. The van der Waals surface area contributed by atoms with Crippen molar-refractivity contribution in [2.24, 2.45) is 0 Å². The van der Waals surface area contributed by atoms with Crippen molar-refractivity contribution in [2.75, 3.05) is 4.90 Å². The number of hydrogen-bond acceptors (Lipinski definition) is 4. The summed E-state index contributed by atoms with van der Waals surface area (Å²) >= 11 is 8.21. The fraction of sp³-hybridized carbons (Fsp3) is 0.150. The molecule has 1 fully saturated rings. The molecule has 1 amide bonds. The van der Waals surface area contributed by atoms with Gasteiger partial charge in [0.05, 0.1) is 16.2 Å². The Morgan fingerprint density at radius 1 is 1.15 bits per heavy atom. The number of nitrogens with zero attached hydrogens (tertiary/aromatic N) is 3. The monoisotopic (exact) mass is 491 g/mol. The summed E-state index contributed by atoms with van der Waals surface area (Å²) in [6.07, 6.45) is 5.47. The second kappa shape index (κ2) is 7.82. The number of anilines is 1. The first kappa shape index (κ1) is 18.2. The zero-order valence-corrected chi connectivity index (χ0v) is 17.0. The Morgan fingerprint density at radius 2 is 1.96 bits per heavy atom. The van der Waals surface area contributed by atoms with Gasteiger partial charge in [0.15, 0.2) is 0 Å². The van der Waals surface area contributed by atoms with Crippen LogP contribution in [0.1, 0.15) is 18.0 Å². The lowest BCUT2D eigenvalue weighted by atomic mass is 10.0. The maximum Gasteiger partial charge on any atom is 0.240 e. The summed E-state index contributed by atoms with van der Waals surface area (Å²) in [6.45, 7) is 0. The van der Waals surface area contributed by atoms with Gasteiger partial charge in [-0.3, -0.25) is 9.78 Å². The Hall–Kier alpha value is -2.19. The zero-order valence-electron chi connectivity index (χ0n) is 14.1. The first-order valence-corrected chi connectivity index (χ1v) is 10.0. The van der Waals surface area contributed by atoms with Gasteiger partial charge >= 0.3 is 0 Å². The number of ether oxygens (including phenoxy) is 1. The highest BCUT2D eigenvalue weighted by Crippen LogP contribution is 2.41. The van der Waals surface area contributed by atoms with E-state index in [9.17, 15) is 4.79 Å². The van der Waals surface area contributed by atoms with Crippen LogP contribution in [-0.4, -0.2) is 19.8 Å². The van der Waals surface area contributed by atoms with Gasteiger partial charge in [-0.05, 0) is 48.4 Å². The maximum absolute atomic E-state index is 12.8. The summed E-state index contributed by atoms with van der Waals surface area (Å²) < 4.78 is 5.72. The van der Waals surface area contributed by atoms with Crippen molar-refractivity contribution in [3.63, 3.8) is 0 Å². The molecule has 2 heterocycles. The first-order chi connectivity index (χ1) is 13.1. The van der Waals surface area contributed by atoms with Crippen LogP contribution in [0.2, 0.25) is 5.02 Å². The number of amides is 1. The van der Waals surface area contributed by atoms with E-state index in [2.05, 4.69) is 32.6 Å². The number of benzene rings is 2. The standard InChI is InChI=1S/C20H15ClIN3O2/c21-14-4-6-15(7-5-14)25-18(11-17(22)20(25)26)13-2-1-3-16(10-13)27-19-12-23-8-9-24-19/h1-10,12,17-18H,11H2. The highest BCUT2D eigenvalue weighted by atomic mass is 127. The molecule has 1 aromatic heterocycles. The van der Waals surface area contributed by atoms with Crippen LogP contribution < -0.4 is 9.64 Å². The Kier molecular flexibility index (Phi) is 5.27. The van der Waals surface area contributed by atoms with E-state index in [-0.39, 0.29) is 15.9 Å². The van der Waals surface area contributed by atoms with Crippen molar-refractivity contribution in [3.8, 4) is 11.6 Å². The molecule has 7 heteroatoms. The normalized spacial score (nSPS) is 19.3. The molecule has 5 nitrogen and oxygen atoms in total. The van der Waals surface area contributed by atoms with Gasteiger partial charge < -0.3 is 9.64 Å². The molecule has 1 aliphatic rings. The van der Waals surface area contributed by atoms with Crippen LogP contribution in [0.15, 0.2) is 67.1 Å². The van der Waals surface area contributed by atoms with Crippen molar-refractivity contribution < 1.29 is 9.53 Å². The van der Waals surface area contributed by atoms with Crippen LogP contribution in [0.5, 0.6) is 11.6 Å². The number of halogens is 2. The molecule has 3 aromatic rings. The van der Waals surface area contributed by atoms with Gasteiger partial charge in [0, 0.05) is 23.1 Å². The molecule has 0 saturated carbocycles. The molecule has 1 aliphatic heterocycles. The van der Waals surface area contributed by atoms with E-state index in [1.807, 2.05) is 41.3 Å². The molecule has 0 aliphatic carbocycles. The number of aromatic nitrogens is 2. The average Bonchev–Trinajstić information content (AvgIpc) is 2.98. The zero-order chi connectivity index (χ0) is 18.8. The maximum atomic E-state index is 12.8. The molecule has 27 heavy (non-hydrogen) atoms. The fourth-order valence-corrected chi connectivity index (χ4v) is 4.05. The Labute approximate surface area is 175 Å². The quantitative estimate of drug-likeness (QED) is 0.372. The van der Waals surface area contributed by atoms with Gasteiger partial charge in [-0.2, -0.15) is 0 Å². The third kappa shape index (κ3) is 3.91. The summed E-state index contributed by atoms with van der Waals surface area (Å²) in [4.78, 5) is 22.8. The van der Waals surface area contributed by atoms with Crippen LogP contribution in [-0.2, 0) is 4.79 Å². The number of alkyl halides is 1. The van der Waals surface area contributed by atoms with Crippen molar-refractivity contribution in [3.05, 3.63) is 77.7 Å².